The van der Waals surface area contributed by atoms with Crippen LogP contribution in [0, 0.1) is 18.3 Å². The highest BCUT2D eigenvalue weighted by molar-refractivity contribution is 7.99. The molecule has 0 N–H and O–H groups in total. The highest BCUT2D eigenvalue weighted by Crippen LogP contribution is 2.22. The van der Waals surface area contributed by atoms with Crippen LogP contribution in [0.25, 0.3) is 0 Å². The van der Waals surface area contributed by atoms with Gasteiger partial charge in [-0.2, -0.15) is 5.26 Å². The van der Waals surface area contributed by atoms with Crippen LogP contribution in [0.1, 0.15) is 19.2 Å². The number of thioether (sulfide) groups is 1. The van der Waals surface area contributed by atoms with Crippen molar-refractivity contribution in [3.05, 3.63) is 5.89 Å². The molecule has 0 aromatic carbocycles. The van der Waals surface area contributed by atoms with Crippen molar-refractivity contribution in [3.8, 4) is 6.07 Å². The second-order valence-electron chi connectivity index (χ2n) is 2.38. The predicted octanol–water partition coefficient (Wildman–Crippen LogP) is 1.77. The van der Waals surface area contributed by atoms with Gasteiger partial charge in [0.2, 0.25) is 5.89 Å². The molecule has 0 saturated heterocycles. The summed E-state index contributed by atoms with van der Waals surface area (Å²) >= 11 is 1.43. The van der Waals surface area contributed by atoms with Gasteiger partial charge in [-0.1, -0.05) is 18.7 Å². The van der Waals surface area contributed by atoms with E-state index in [1.54, 1.807) is 6.92 Å². The molecule has 1 unspecified atom stereocenters. The lowest BCUT2D eigenvalue weighted by atomic mass is 10.4. The standard InChI is InChI=1S/C7H9N3OS/c1-5(3-4-8)12-7-10-9-6(2)11-7/h5H,3H2,1-2H3. The fraction of sp³-hybridized carbons (Fsp3) is 0.571. The summed E-state index contributed by atoms with van der Waals surface area (Å²) in [5, 5.41) is 16.6. The topological polar surface area (TPSA) is 62.7 Å². The van der Waals surface area contributed by atoms with Gasteiger partial charge in [-0.25, -0.2) is 0 Å². The Hall–Kier alpha value is -1.02. The lowest BCUT2D eigenvalue weighted by Gasteiger charge is -1.99. The first-order chi connectivity index (χ1) is 5.72. The molecule has 0 aliphatic heterocycles. The van der Waals surface area contributed by atoms with Crippen LogP contribution in [0.5, 0.6) is 0 Å². The third kappa shape index (κ3) is 2.55. The Morgan fingerprint density at radius 3 is 2.92 bits per heavy atom. The van der Waals surface area contributed by atoms with Gasteiger partial charge >= 0.3 is 0 Å². The van der Waals surface area contributed by atoms with Gasteiger partial charge in [0.1, 0.15) is 0 Å². The molecule has 0 amide bonds. The Morgan fingerprint density at radius 2 is 2.42 bits per heavy atom. The molecule has 64 valence electrons. The monoisotopic (exact) mass is 183 g/mol. The van der Waals surface area contributed by atoms with Crippen molar-refractivity contribution in [2.45, 2.75) is 30.7 Å². The van der Waals surface area contributed by atoms with Crippen molar-refractivity contribution in [2.75, 3.05) is 0 Å². The molecule has 4 nitrogen and oxygen atoms in total. The maximum absolute atomic E-state index is 8.39. The fourth-order valence-electron chi connectivity index (χ4n) is 0.668. The Kier molecular flexibility index (Phi) is 3.11. The van der Waals surface area contributed by atoms with Gasteiger partial charge < -0.3 is 4.42 Å². The molecule has 1 heterocycles. The molecule has 1 aromatic heterocycles. The lowest BCUT2D eigenvalue weighted by molar-refractivity contribution is 0.428. The SMILES string of the molecule is Cc1nnc(SC(C)CC#N)o1. The van der Waals surface area contributed by atoms with Crippen LogP contribution in [0.3, 0.4) is 0 Å². The molecule has 0 radical (unpaired) electrons. The maximum Gasteiger partial charge on any atom is 0.276 e. The van der Waals surface area contributed by atoms with E-state index in [0.29, 0.717) is 17.5 Å². The number of nitriles is 1. The second-order valence-corrected chi connectivity index (χ2v) is 3.77. The van der Waals surface area contributed by atoms with Crippen molar-refractivity contribution in [1.82, 2.24) is 10.2 Å². The normalized spacial score (nSPS) is 12.4. The summed E-state index contributed by atoms with van der Waals surface area (Å²) in [7, 11) is 0. The van der Waals surface area contributed by atoms with Crippen LogP contribution >= 0.6 is 11.8 Å². The minimum absolute atomic E-state index is 0.204. The van der Waals surface area contributed by atoms with Gasteiger partial charge in [-0.3, -0.25) is 0 Å². The van der Waals surface area contributed by atoms with E-state index < -0.39 is 0 Å². The van der Waals surface area contributed by atoms with Crippen LogP contribution in [0.15, 0.2) is 9.64 Å². The smallest absolute Gasteiger partial charge is 0.276 e. The summed E-state index contributed by atoms with van der Waals surface area (Å²) < 4.78 is 5.13. The van der Waals surface area contributed by atoms with Gasteiger partial charge in [-0.05, 0) is 0 Å². The van der Waals surface area contributed by atoms with Crippen LogP contribution < -0.4 is 0 Å². The Morgan fingerprint density at radius 1 is 1.67 bits per heavy atom. The van der Waals surface area contributed by atoms with Gasteiger partial charge in [-0.15, -0.1) is 10.2 Å². The number of aryl methyl sites for hydroxylation is 1. The van der Waals surface area contributed by atoms with Crippen molar-refractivity contribution in [1.29, 1.82) is 5.26 Å². The number of hydrogen-bond acceptors (Lipinski definition) is 5. The minimum atomic E-state index is 0.204. The molecular formula is C7H9N3OS. The zero-order valence-electron chi connectivity index (χ0n) is 6.94. The second kappa shape index (κ2) is 4.12. The predicted molar refractivity (Wildman–Crippen MR) is 44.6 cm³/mol. The van der Waals surface area contributed by atoms with E-state index in [4.69, 9.17) is 9.68 Å². The van der Waals surface area contributed by atoms with Gasteiger partial charge in [0.15, 0.2) is 0 Å². The molecule has 0 saturated carbocycles. The number of nitrogens with zero attached hydrogens (tertiary/aromatic N) is 3. The molecule has 0 bridgehead atoms. The highest BCUT2D eigenvalue weighted by atomic mass is 32.2. The van der Waals surface area contributed by atoms with E-state index in [-0.39, 0.29) is 5.25 Å². The van der Waals surface area contributed by atoms with E-state index in [2.05, 4.69) is 16.3 Å². The molecule has 5 heteroatoms. The largest absolute Gasteiger partial charge is 0.416 e. The van der Waals surface area contributed by atoms with Crippen LogP contribution in [0.4, 0.5) is 0 Å². The average Bonchev–Trinajstić information content (AvgIpc) is 2.36. The van der Waals surface area contributed by atoms with Crippen molar-refractivity contribution < 1.29 is 4.42 Å². The van der Waals surface area contributed by atoms with E-state index in [1.807, 2.05) is 6.92 Å². The number of aromatic nitrogens is 2. The Labute approximate surface area is 75.0 Å². The van der Waals surface area contributed by atoms with Crippen LogP contribution in [-0.4, -0.2) is 15.4 Å². The average molecular weight is 183 g/mol. The fourth-order valence-corrected chi connectivity index (χ4v) is 1.43. The number of hydrogen-bond donors (Lipinski definition) is 0. The lowest BCUT2D eigenvalue weighted by Crippen LogP contribution is -1.92. The van der Waals surface area contributed by atoms with Gasteiger partial charge in [0.25, 0.3) is 5.22 Å². The van der Waals surface area contributed by atoms with Crippen LogP contribution in [0.2, 0.25) is 0 Å². The quantitative estimate of drug-likeness (QED) is 0.668. The summed E-state index contributed by atoms with van der Waals surface area (Å²) in [5.74, 6) is 0.557. The zero-order valence-corrected chi connectivity index (χ0v) is 7.76. The van der Waals surface area contributed by atoms with Gasteiger partial charge in [0, 0.05) is 18.6 Å². The van der Waals surface area contributed by atoms with Crippen molar-refractivity contribution in [3.63, 3.8) is 0 Å². The molecule has 0 aliphatic rings. The molecular weight excluding hydrogens is 174 g/mol. The zero-order chi connectivity index (χ0) is 8.97. The van der Waals surface area contributed by atoms with E-state index in [1.165, 1.54) is 11.8 Å². The van der Waals surface area contributed by atoms with Gasteiger partial charge in [0.05, 0.1) is 6.07 Å². The van der Waals surface area contributed by atoms with Crippen molar-refractivity contribution in [2.24, 2.45) is 0 Å². The molecule has 0 fully saturated rings. The first-order valence-corrected chi connectivity index (χ1v) is 4.44. The molecule has 1 aromatic rings. The van der Waals surface area contributed by atoms with E-state index >= 15 is 0 Å². The molecule has 1 atom stereocenters. The third-order valence-electron chi connectivity index (χ3n) is 1.19. The van der Waals surface area contributed by atoms with E-state index in [0.717, 1.165) is 0 Å². The minimum Gasteiger partial charge on any atom is -0.416 e. The highest BCUT2D eigenvalue weighted by Gasteiger charge is 2.08. The molecule has 12 heavy (non-hydrogen) atoms. The Balaban J connectivity index is 2.47. The number of rotatable bonds is 3. The summed E-state index contributed by atoms with van der Waals surface area (Å²) in [4.78, 5) is 0. The van der Waals surface area contributed by atoms with Crippen molar-refractivity contribution >= 4 is 11.8 Å². The molecule has 1 rings (SSSR count). The molecule has 0 aliphatic carbocycles. The molecule has 0 spiro atoms. The third-order valence-corrected chi connectivity index (χ3v) is 2.12. The first-order valence-electron chi connectivity index (χ1n) is 3.56. The summed E-state index contributed by atoms with van der Waals surface area (Å²) in [6, 6.07) is 2.08. The van der Waals surface area contributed by atoms with Crippen LogP contribution in [-0.2, 0) is 0 Å². The van der Waals surface area contributed by atoms with E-state index in [9.17, 15) is 0 Å². The Bertz CT molecular complexity index is 291. The first kappa shape index (κ1) is 9.07. The summed E-state index contributed by atoms with van der Waals surface area (Å²) in [6.07, 6.45) is 0.492. The summed E-state index contributed by atoms with van der Waals surface area (Å²) in [6.45, 7) is 3.69. The summed E-state index contributed by atoms with van der Waals surface area (Å²) in [5.41, 5.74) is 0. The maximum atomic E-state index is 8.39.